The second-order valence-corrected chi connectivity index (χ2v) is 4.44. The first kappa shape index (κ1) is 14.7. The highest BCUT2D eigenvalue weighted by Crippen LogP contribution is 2.23. The number of hydrogen-bond acceptors (Lipinski definition) is 4. The summed E-state index contributed by atoms with van der Waals surface area (Å²) in [5.41, 5.74) is 1.77. The summed E-state index contributed by atoms with van der Waals surface area (Å²) in [5.74, 6) is 1.59. The van der Waals surface area contributed by atoms with Crippen LogP contribution in [0.5, 0.6) is 11.5 Å². The standard InChI is InChI=1S/C17H18N2O2/c1-3-21-16-8-4-13(5-9-16)17(12-18)19-14-6-10-15(20-2)11-7-14/h4-11,17,19H,3H2,1-2H3. The first-order chi connectivity index (χ1) is 10.3. The van der Waals surface area contributed by atoms with E-state index in [1.165, 1.54) is 0 Å². The Morgan fingerprint density at radius 1 is 1.05 bits per heavy atom. The predicted octanol–water partition coefficient (Wildman–Crippen LogP) is 3.77. The summed E-state index contributed by atoms with van der Waals surface area (Å²) < 4.78 is 10.5. The van der Waals surface area contributed by atoms with Gasteiger partial charge in [-0.05, 0) is 48.9 Å². The predicted molar refractivity (Wildman–Crippen MR) is 82.6 cm³/mol. The molecule has 0 fully saturated rings. The lowest BCUT2D eigenvalue weighted by Crippen LogP contribution is -2.08. The van der Waals surface area contributed by atoms with Crippen molar-refractivity contribution in [3.8, 4) is 17.6 Å². The molecular weight excluding hydrogens is 264 g/mol. The summed E-state index contributed by atoms with van der Waals surface area (Å²) >= 11 is 0. The molecule has 0 saturated carbocycles. The van der Waals surface area contributed by atoms with Gasteiger partial charge in [0.25, 0.3) is 0 Å². The van der Waals surface area contributed by atoms with Gasteiger partial charge in [-0.2, -0.15) is 5.26 Å². The molecule has 1 N–H and O–H groups in total. The zero-order chi connectivity index (χ0) is 15.1. The van der Waals surface area contributed by atoms with Gasteiger partial charge in [-0.1, -0.05) is 12.1 Å². The molecule has 108 valence electrons. The first-order valence-corrected chi connectivity index (χ1v) is 6.79. The third-order valence-corrected chi connectivity index (χ3v) is 3.05. The maximum atomic E-state index is 9.35. The van der Waals surface area contributed by atoms with Crippen LogP contribution in [-0.4, -0.2) is 13.7 Å². The van der Waals surface area contributed by atoms with E-state index >= 15 is 0 Å². The zero-order valence-corrected chi connectivity index (χ0v) is 12.2. The van der Waals surface area contributed by atoms with Gasteiger partial charge < -0.3 is 14.8 Å². The topological polar surface area (TPSA) is 54.3 Å². The van der Waals surface area contributed by atoms with Crippen LogP contribution >= 0.6 is 0 Å². The fourth-order valence-corrected chi connectivity index (χ4v) is 1.97. The summed E-state index contributed by atoms with van der Waals surface area (Å²) in [6.45, 7) is 2.57. The molecule has 0 saturated heterocycles. The fraction of sp³-hybridized carbons (Fsp3) is 0.235. The van der Waals surface area contributed by atoms with Crippen molar-refractivity contribution < 1.29 is 9.47 Å². The monoisotopic (exact) mass is 282 g/mol. The number of methoxy groups -OCH3 is 1. The lowest BCUT2D eigenvalue weighted by Gasteiger charge is -2.14. The smallest absolute Gasteiger partial charge is 0.140 e. The average molecular weight is 282 g/mol. The van der Waals surface area contributed by atoms with Crippen molar-refractivity contribution in [2.75, 3.05) is 19.0 Å². The van der Waals surface area contributed by atoms with Crippen molar-refractivity contribution in [3.05, 3.63) is 54.1 Å². The van der Waals surface area contributed by atoms with Crippen LogP contribution in [0.15, 0.2) is 48.5 Å². The summed E-state index contributed by atoms with van der Waals surface area (Å²) in [5, 5.41) is 12.5. The Morgan fingerprint density at radius 2 is 1.67 bits per heavy atom. The molecule has 0 bridgehead atoms. The molecule has 1 atom stereocenters. The van der Waals surface area contributed by atoms with Crippen molar-refractivity contribution in [2.45, 2.75) is 13.0 Å². The van der Waals surface area contributed by atoms with Crippen LogP contribution in [0.2, 0.25) is 0 Å². The van der Waals surface area contributed by atoms with Crippen LogP contribution in [0.4, 0.5) is 5.69 Å². The van der Waals surface area contributed by atoms with E-state index in [1.807, 2.05) is 55.5 Å². The Morgan fingerprint density at radius 3 is 2.19 bits per heavy atom. The van der Waals surface area contributed by atoms with Crippen LogP contribution in [0.3, 0.4) is 0 Å². The number of ether oxygens (including phenoxy) is 2. The third-order valence-electron chi connectivity index (χ3n) is 3.05. The van der Waals surface area contributed by atoms with Gasteiger partial charge in [-0.15, -0.1) is 0 Å². The van der Waals surface area contributed by atoms with E-state index in [-0.39, 0.29) is 0 Å². The first-order valence-electron chi connectivity index (χ1n) is 6.79. The molecule has 4 nitrogen and oxygen atoms in total. The van der Waals surface area contributed by atoms with Crippen molar-refractivity contribution in [3.63, 3.8) is 0 Å². The maximum Gasteiger partial charge on any atom is 0.140 e. The van der Waals surface area contributed by atoms with Crippen LogP contribution in [0, 0.1) is 11.3 Å². The fourth-order valence-electron chi connectivity index (χ4n) is 1.97. The van der Waals surface area contributed by atoms with Gasteiger partial charge in [0.1, 0.15) is 17.5 Å². The number of hydrogen-bond donors (Lipinski definition) is 1. The quantitative estimate of drug-likeness (QED) is 0.876. The zero-order valence-electron chi connectivity index (χ0n) is 12.2. The molecule has 2 aromatic carbocycles. The molecule has 0 spiro atoms. The maximum absolute atomic E-state index is 9.35. The lowest BCUT2D eigenvalue weighted by atomic mass is 10.1. The number of nitriles is 1. The highest BCUT2D eigenvalue weighted by molar-refractivity contribution is 5.50. The lowest BCUT2D eigenvalue weighted by molar-refractivity contribution is 0.340. The van der Waals surface area contributed by atoms with E-state index in [9.17, 15) is 5.26 Å². The Labute approximate surface area is 124 Å². The van der Waals surface area contributed by atoms with E-state index in [0.717, 1.165) is 22.7 Å². The van der Waals surface area contributed by atoms with Crippen molar-refractivity contribution in [1.29, 1.82) is 5.26 Å². The van der Waals surface area contributed by atoms with Crippen LogP contribution in [-0.2, 0) is 0 Å². The summed E-state index contributed by atoms with van der Waals surface area (Å²) in [6, 6.07) is 16.9. The SMILES string of the molecule is CCOc1ccc(C(C#N)Nc2ccc(OC)cc2)cc1. The molecule has 4 heteroatoms. The number of anilines is 1. The number of rotatable bonds is 6. The second-order valence-electron chi connectivity index (χ2n) is 4.44. The molecule has 0 aliphatic heterocycles. The molecule has 21 heavy (non-hydrogen) atoms. The molecule has 0 aliphatic carbocycles. The van der Waals surface area contributed by atoms with Crippen LogP contribution in [0.1, 0.15) is 18.5 Å². The molecule has 1 unspecified atom stereocenters. The average Bonchev–Trinajstić information content (AvgIpc) is 2.54. The summed E-state index contributed by atoms with van der Waals surface area (Å²) in [7, 11) is 1.63. The van der Waals surface area contributed by atoms with Gasteiger partial charge in [0.15, 0.2) is 0 Å². The second kappa shape index (κ2) is 7.20. The summed E-state index contributed by atoms with van der Waals surface area (Å²) in [6.07, 6.45) is 0. The van der Waals surface area contributed by atoms with Crippen LogP contribution < -0.4 is 14.8 Å². The van der Waals surface area contributed by atoms with Gasteiger partial charge >= 0.3 is 0 Å². The minimum atomic E-state index is -0.408. The largest absolute Gasteiger partial charge is 0.497 e. The highest BCUT2D eigenvalue weighted by Gasteiger charge is 2.10. The van der Waals surface area contributed by atoms with Gasteiger partial charge in [0.2, 0.25) is 0 Å². The normalized spacial score (nSPS) is 11.3. The van der Waals surface area contributed by atoms with Crippen molar-refractivity contribution >= 4 is 5.69 Å². The van der Waals surface area contributed by atoms with E-state index in [2.05, 4.69) is 11.4 Å². The van der Waals surface area contributed by atoms with Crippen molar-refractivity contribution in [1.82, 2.24) is 0 Å². The Bertz CT molecular complexity index is 600. The Kier molecular flexibility index (Phi) is 5.05. The van der Waals surface area contributed by atoms with Gasteiger partial charge in [-0.25, -0.2) is 0 Å². The molecule has 0 aromatic heterocycles. The molecule has 0 aliphatic rings. The third kappa shape index (κ3) is 3.90. The molecule has 0 radical (unpaired) electrons. The van der Waals surface area contributed by atoms with E-state index < -0.39 is 6.04 Å². The van der Waals surface area contributed by atoms with Crippen LogP contribution in [0.25, 0.3) is 0 Å². The molecule has 0 heterocycles. The van der Waals surface area contributed by atoms with Crippen molar-refractivity contribution in [2.24, 2.45) is 0 Å². The highest BCUT2D eigenvalue weighted by atomic mass is 16.5. The minimum absolute atomic E-state index is 0.408. The minimum Gasteiger partial charge on any atom is -0.497 e. The van der Waals surface area contributed by atoms with Gasteiger partial charge in [0.05, 0.1) is 19.8 Å². The van der Waals surface area contributed by atoms with E-state index in [4.69, 9.17) is 9.47 Å². The number of nitrogens with zero attached hydrogens (tertiary/aromatic N) is 1. The van der Waals surface area contributed by atoms with E-state index in [0.29, 0.717) is 6.61 Å². The Hall–Kier alpha value is -2.67. The molecule has 2 aromatic rings. The van der Waals surface area contributed by atoms with Gasteiger partial charge in [0, 0.05) is 5.69 Å². The molecule has 2 rings (SSSR count). The molecule has 0 amide bonds. The molecular formula is C17H18N2O2. The summed E-state index contributed by atoms with van der Waals surface area (Å²) in [4.78, 5) is 0. The van der Waals surface area contributed by atoms with E-state index in [1.54, 1.807) is 7.11 Å². The number of benzene rings is 2. The Balaban J connectivity index is 2.10. The van der Waals surface area contributed by atoms with Gasteiger partial charge in [-0.3, -0.25) is 0 Å². The number of nitrogens with one attached hydrogen (secondary N) is 1.